The van der Waals surface area contributed by atoms with E-state index >= 15 is 0 Å². The zero-order chi connectivity index (χ0) is 42.2. The first-order valence-electron chi connectivity index (χ1n) is 22.1. The molecule has 0 aliphatic heterocycles. The summed E-state index contributed by atoms with van der Waals surface area (Å²) in [6.45, 7) is 3.25. The third-order valence-corrected chi connectivity index (χ3v) is 11.3. The molecule has 0 saturated heterocycles. The van der Waals surface area contributed by atoms with Gasteiger partial charge in [0, 0.05) is 12.8 Å². The van der Waals surface area contributed by atoms with Crippen molar-refractivity contribution in [3.05, 3.63) is 24.3 Å². The fourth-order valence-electron chi connectivity index (χ4n) is 6.63. The van der Waals surface area contributed by atoms with Gasteiger partial charge in [0.05, 0.1) is 6.61 Å². The normalized spacial score (nSPS) is 22.9. The summed E-state index contributed by atoms with van der Waals surface area (Å²) in [6.07, 6.45) is 22.5. The fourth-order valence-corrected chi connectivity index (χ4v) is 7.60. The lowest BCUT2D eigenvalue weighted by Crippen LogP contribution is -2.64. The summed E-state index contributed by atoms with van der Waals surface area (Å²) in [5.41, 5.74) is 0. The smallest absolute Gasteiger partial charge is 0.462 e. The van der Waals surface area contributed by atoms with Gasteiger partial charge in [-0.2, -0.15) is 0 Å². The number of carbonyl (C=O) groups excluding carboxylic acids is 2. The Morgan fingerprint density at radius 2 is 0.895 bits per heavy atom. The molecule has 1 rings (SSSR count). The summed E-state index contributed by atoms with van der Waals surface area (Å²) in [5.74, 6) is -1.14. The molecule has 0 aromatic carbocycles. The van der Waals surface area contributed by atoms with E-state index in [1.54, 1.807) is 0 Å². The van der Waals surface area contributed by atoms with Crippen LogP contribution in [0.1, 0.15) is 181 Å². The van der Waals surface area contributed by atoms with E-state index in [4.69, 9.17) is 18.5 Å². The van der Waals surface area contributed by atoms with E-state index in [9.17, 15) is 44.6 Å². The van der Waals surface area contributed by atoms with Crippen LogP contribution in [0.15, 0.2) is 24.3 Å². The van der Waals surface area contributed by atoms with Gasteiger partial charge < -0.3 is 39.9 Å². The van der Waals surface area contributed by atoms with Gasteiger partial charge in [-0.3, -0.25) is 18.6 Å². The molecule has 1 fully saturated rings. The van der Waals surface area contributed by atoms with Crippen molar-refractivity contribution >= 4 is 19.8 Å². The first kappa shape index (κ1) is 53.3. The van der Waals surface area contributed by atoms with Gasteiger partial charge >= 0.3 is 19.8 Å². The summed E-state index contributed by atoms with van der Waals surface area (Å²) in [6, 6.07) is 0. The summed E-state index contributed by atoms with van der Waals surface area (Å²) in [4.78, 5) is 35.6. The molecule has 6 unspecified atom stereocenters. The maximum Gasteiger partial charge on any atom is 0.472 e. The number of rotatable bonds is 36. The van der Waals surface area contributed by atoms with E-state index in [-0.39, 0.29) is 12.8 Å². The molecular formula is C43H79O13P. The van der Waals surface area contributed by atoms with Crippen molar-refractivity contribution in [2.75, 3.05) is 13.2 Å². The van der Waals surface area contributed by atoms with Crippen molar-refractivity contribution in [2.45, 2.75) is 224 Å². The zero-order valence-electron chi connectivity index (χ0n) is 35.1. The average molecular weight is 835 g/mol. The van der Waals surface area contributed by atoms with Crippen LogP contribution in [0.4, 0.5) is 0 Å². The van der Waals surface area contributed by atoms with Crippen LogP contribution in [0.3, 0.4) is 0 Å². The molecule has 1 saturated carbocycles. The predicted molar refractivity (Wildman–Crippen MR) is 221 cm³/mol. The van der Waals surface area contributed by atoms with Crippen LogP contribution in [0.2, 0.25) is 0 Å². The molecule has 13 nitrogen and oxygen atoms in total. The number of hydrogen-bond acceptors (Lipinski definition) is 12. The summed E-state index contributed by atoms with van der Waals surface area (Å²) in [5, 5.41) is 50.0. The van der Waals surface area contributed by atoms with Crippen LogP contribution in [0.5, 0.6) is 0 Å². The topological polar surface area (TPSA) is 210 Å². The molecule has 0 radical (unpaired) electrons. The zero-order valence-corrected chi connectivity index (χ0v) is 36.0. The number of esters is 2. The number of phosphoric acid groups is 1. The molecule has 0 spiro atoms. The lowest BCUT2D eigenvalue weighted by Gasteiger charge is -2.41. The molecule has 1 aliphatic carbocycles. The Hall–Kier alpha value is -1.67. The first-order chi connectivity index (χ1) is 27.4. The molecule has 334 valence electrons. The Kier molecular flexibility index (Phi) is 31.9. The number of aliphatic hydroxyl groups excluding tert-OH is 5. The quantitative estimate of drug-likeness (QED) is 0.0153. The van der Waals surface area contributed by atoms with Crippen molar-refractivity contribution in [3.8, 4) is 0 Å². The first-order valence-corrected chi connectivity index (χ1v) is 23.6. The van der Waals surface area contributed by atoms with Gasteiger partial charge in [0.1, 0.15) is 43.2 Å². The highest BCUT2D eigenvalue weighted by molar-refractivity contribution is 7.47. The van der Waals surface area contributed by atoms with E-state index in [2.05, 4.69) is 38.2 Å². The molecule has 0 amide bonds. The summed E-state index contributed by atoms with van der Waals surface area (Å²) < 4.78 is 33.4. The Morgan fingerprint density at radius 3 is 1.37 bits per heavy atom. The number of ether oxygens (including phenoxy) is 2. The van der Waals surface area contributed by atoms with Gasteiger partial charge in [0.15, 0.2) is 6.10 Å². The van der Waals surface area contributed by atoms with E-state index in [0.717, 1.165) is 44.9 Å². The van der Waals surface area contributed by atoms with Crippen molar-refractivity contribution in [1.82, 2.24) is 0 Å². The second-order valence-corrected chi connectivity index (χ2v) is 16.9. The summed E-state index contributed by atoms with van der Waals surface area (Å²) >= 11 is 0. The number of unbranched alkanes of at least 4 members (excludes halogenated alkanes) is 20. The minimum absolute atomic E-state index is 0.0738. The van der Waals surface area contributed by atoms with Crippen molar-refractivity contribution in [2.24, 2.45) is 0 Å². The molecule has 0 aromatic rings. The van der Waals surface area contributed by atoms with Crippen LogP contribution >= 0.6 is 7.82 Å². The maximum atomic E-state index is 12.8. The van der Waals surface area contributed by atoms with Gasteiger partial charge in [0.25, 0.3) is 0 Å². The van der Waals surface area contributed by atoms with Crippen LogP contribution in [-0.4, -0.2) is 98.3 Å². The van der Waals surface area contributed by atoms with Crippen LogP contribution in [0, 0.1) is 0 Å². The SMILES string of the molecule is CCCCCCCC/C=C/CCCCCC(=O)O[C@@H](COC(=O)CCCC/C=C/CCCCCCCCCCC)COP(=O)(O)OC1C(O)C(O)C(O)[C@H](O)C1O. The van der Waals surface area contributed by atoms with Gasteiger partial charge in [-0.05, 0) is 64.2 Å². The standard InChI is InChI=1S/C43H79O13P/c1-3-5-7-9-11-13-15-17-18-20-21-23-25-27-29-31-36(44)53-33-35(34-54-57(51,52)56-43-41(49)39(47)38(46)40(48)42(43)50)55-37(45)32-30-28-26-24-22-19-16-14-12-10-8-6-4-2/h19,21-23,35,38-43,46-50H,3-18,20,24-34H2,1-2H3,(H,51,52)/b22-19+,23-21+/t35-,38?,39-,40?,41?,42?,43?/m0/s1. The largest absolute Gasteiger partial charge is 0.472 e. The van der Waals surface area contributed by atoms with Crippen LogP contribution in [0.25, 0.3) is 0 Å². The van der Waals surface area contributed by atoms with E-state index < -0.39 is 75.7 Å². The molecular weight excluding hydrogens is 755 g/mol. The highest BCUT2D eigenvalue weighted by Gasteiger charge is 2.51. The number of phosphoric ester groups is 1. The molecule has 0 bridgehead atoms. The maximum absolute atomic E-state index is 12.8. The van der Waals surface area contributed by atoms with E-state index in [1.807, 2.05) is 0 Å². The number of hydrogen-bond donors (Lipinski definition) is 6. The van der Waals surface area contributed by atoms with Crippen molar-refractivity contribution in [3.63, 3.8) is 0 Å². The molecule has 8 atom stereocenters. The van der Waals surface area contributed by atoms with Gasteiger partial charge in [-0.25, -0.2) is 4.57 Å². The minimum atomic E-state index is -5.12. The molecule has 1 aliphatic rings. The second kappa shape index (κ2) is 34.1. The average Bonchev–Trinajstić information content (AvgIpc) is 3.19. The third kappa shape index (κ3) is 26.9. The van der Waals surface area contributed by atoms with Crippen molar-refractivity contribution < 1.29 is 63.1 Å². The molecule has 6 N–H and O–H groups in total. The Morgan fingerprint density at radius 1 is 0.526 bits per heavy atom. The molecule has 0 heterocycles. The molecule has 0 aromatic heterocycles. The monoisotopic (exact) mass is 835 g/mol. The third-order valence-electron chi connectivity index (χ3n) is 10.3. The number of allylic oxidation sites excluding steroid dienone is 4. The minimum Gasteiger partial charge on any atom is -0.462 e. The van der Waals surface area contributed by atoms with Crippen molar-refractivity contribution in [1.29, 1.82) is 0 Å². The van der Waals surface area contributed by atoms with Gasteiger partial charge in [-0.1, -0.05) is 128 Å². The highest BCUT2D eigenvalue weighted by atomic mass is 31.2. The van der Waals surface area contributed by atoms with E-state index in [0.29, 0.717) is 12.8 Å². The number of aliphatic hydroxyl groups is 5. The van der Waals surface area contributed by atoms with Gasteiger partial charge in [-0.15, -0.1) is 0 Å². The Bertz CT molecular complexity index is 1100. The lowest BCUT2D eigenvalue weighted by atomic mass is 9.85. The van der Waals surface area contributed by atoms with E-state index in [1.165, 1.54) is 96.3 Å². The summed E-state index contributed by atoms with van der Waals surface area (Å²) in [7, 11) is -5.12. The highest BCUT2D eigenvalue weighted by Crippen LogP contribution is 2.47. The fraction of sp³-hybridized carbons (Fsp3) is 0.860. The van der Waals surface area contributed by atoms with Crippen LogP contribution < -0.4 is 0 Å². The predicted octanol–water partition coefficient (Wildman–Crippen LogP) is 8.06. The molecule has 14 heteroatoms. The second-order valence-electron chi connectivity index (χ2n) is 15.5. The molecule has 57 heavy (non-hydrogen) atoms. The Labute approximate surface area is 343 Å². The van der Waals surface area contributed by atoms with Gasteiger partial charge in [0.2, 0.25) is 0 Å². The number of carbonyl (C=O) groups is 2. The Balaban J connectivity index is 2.50. The lowest BCUT2D eigenvalue weighted by molar-refractivity contribution is -0.220. The van der Waals surface area contributed by atoms with Crippen LogP contribution in [-0.2, 0) is 32.7 Å².